The molecule has 0 aliphatic heterocycles. The van der Waals surface area contributed by atoms with Crippen LogP contribution in [0.5, 0.6) is 0 Å². The highest BCUT2D eigenvalue weighted by Gasteiger charge is 2.17. The van der Waals surface area contributed by atoms with Crippen LogP contribution in [0.15, 0.2) is 18.2 Å². The third kappa shape index (κ3) is 3.28. The highest BCUT2D eigenvalue weighted by molar-refractivity contribution is 5.94. The Bertz CT molecular complexity index is 494. The van der Waals surface area contributed by atoms with Crippen molar-refractivity contribution in [2.24, 2.45) is 0 Å². The van der Waals surface area contributed by atoms with Crippen LogP contribution in [0.4, 0.5) is 10.1 Å². The van der Waals surface area contributed by atoms with E-state index in [9.17, 15) is 19.3 Å². The molecule has 0 saturated carbocycles. The number of nitro benzene ring substituents is 1. The number of carbonyl (C=O) groups is 1. The first-order valence-corrected chi connectivity index (χ1v) is 4.72. The van der Waals surface area contributed by atoms with Gasteiger partial charge in [-0.1, -0.05) is 0 Å². The van der Waals surface area contributed by atoms with Crippen molar-refractivity contribution in [1.29, 1.82) is 0 Å². The quantitative estimate of drug-likeness (QED) is 0.372. The maximum absolute atomic E-state index is 13.0. The minimum atomic E-state index is -0.977. The lowest BCUT2D eigenvalue weighted by molar-refractivity contribution is -0.387. The molecular weight excluding hydrogens is 227 g/mol. The van der Waals surface area contributed by atoms with Gasteiger partial charge in [-0.05, 0) is 12.1 Å². The van der Waals surface area contributed by atoms with Gasteiger partial charge in [-0.15, -0.1) is 12.3 Å². The summed E-state index contributed by atoms with van der Waals surface area (Å²) in [7, 11) is 0. The van der Waals surface area contributed by atoms with Crippen molar-refractivity contribution in [2.75, 3.05) is 6.54 Å². The van der Waals surface area contributed by atoms with Gasteiger partial charge >= 0.3 is 5.69 Å². The molecule has 17 heavy (non-hydrogen) atoms. The van der Waals surface area contributed by atoms with Crippen LogP contribution in [0.25, 0.3) is 0 Å². The molecule has 6 heteroatoms. The summed E-state index contributed by atoms with van der Waals surface area (Å²) >= 11 is 0. The maximum Gasteiger partial charge on any atom is 0.305 e. The van der Waals surface area contributed by atoms with Gasteiger partial charge in [0.25, 0.3) is 5.91 Å². The molecule has 0 atom stereocenters. The predicted molar refractivity (Wildman–Crippen MR) is 58.8 cm³/mol. The standard InChI is InChI=1S/C11H9FN2O3/c1-2-3-6-13-11(15)8-4-5-9(12)10(7-8)14(16)17/h1,4-5,7H,3,6H2,(H,13,15). The Balaban J connectivity index is 2.85. The Labute approximate surface area is 96.8 Å². The van der Waals surface area contributed by atoms with E-state index in [2.05, 4.69) is 11.2 Å². The molecule has 5 nitrogen and oxygen atoms in total. The van der Waals surface area contributed by atoms with E-state index >= 15 is 0 Å². The van der Waals surface area contributed by atoms with Gasteiger partial charge in [0.15, 0.2) is 0 Å². The zero-order valence-corrected chi connectivity index (χ0v) is 8.77. The van der Waals surface area contributed by atoms with E-state index in [1.54, 1.807) is 0 Å². The van der Waals surface area contributed by atoms with E-state index < -0.39 is 22.3 Å². The Hall–Kier alpha value is -2.42. The van der Waals surface area contributed by atoms with Gasteiger partial charge < -0.3 is 5.32 Å². The molecule has 0 fully saturated rings. The van der Waals surface area contributed by atoms with Crippen molar-refractivity contribution in [1.82, 2.24) is 5.32 Å². The van der Waals surface area contributed by atoms with Gasteiger partial charge in [-0.25, -0.2) is 0 Å². The molecule has 0 heterocycles. The SMILES string of the molecule is C#CCCNC(=O)c1ccc(F)c([N+](=O)[O-])c1. The van der Waals surface area contributed by atoms with Gasteiger partial charge in [-0.3, -0.25) is 14.9 Å². The van der Waals surface area contributed by atoms with Crippen molar-refractivity contribution in [3.8, 4) is 12.3 Å². The zero-order chi connectivity index (χ0) is 12.8. The predicted octanol–water partition coefficient (Wildman–Crippen LogP) is 1.49. The fourth-order valence-corrected chi connectivity index (χ4v) is 1.14. The summed E-state index contributed by atoms with van der Waals surface area (Å²) in [5, 5.41) is 12.9. The second kappa shape index (κ2) is 5.61. The van der Waals surface area contributed by atoms with Crippen LogP contribution in [-0.2, 0) is 0 Å². The summed E-state index contributed by atoms with van der Waals surface area (Å²) < 4.78 is 13.0. The number of carbonyl (C=O) groups excluding carboxylic acids is 1. The monoisotopic (exact) mass is 236 g/mol. The van der Waals surface area contributed by atoms with Crippen LogP contribution in [0.2, 0.25) is 0 Å². The Kier molecular flexibility index (Phi) is 4.17. The molecule has 0 spiro atoms. The lowest BCUT2D eigenvalue weighted by Crippen LogP contribution is -2.24. The second-order valence-electron chi connectivity index (χ2n) is 3.13. The highest BCUT2D eigenvalue weighted by atomic mass is 19.1. The summed E-state index contributed by atoms with van der Waals surface area (Å²) in [6, 6.07) is 2.95. The molecule has 0 saturated heterocycles. The van der Waals surface area contributed by atoms with E-state index in [4.69, 9.17) is 6.42 Å². The summed E-state index contributed by atoms with van der Waals surface area (Å²) in [5.41, 5.74) is -0.704. The van der Waals surface area contributed by atoms with E-state index in [1.165, 1.54) is 6.07 Å². The van der Waals surface area contributed by atoms with Crippen LogP contribution >= 0.6 is 0 Å². The smallest absolute Gasteiger partial charge is 0.305 e. The fourth-order valence-electron chi connectivity index (χ4n) is 1.14. The van der Waals surface area contributed by atoms with Crippen molar-refractivity contribution in [3.05, 3.63) is 39.7 Å². The third-order valence-electron chi connectivity index (χ3n) is 1.96. The first kappa shape index (κ1) is 12.6. The largest absolute Gasteiger partial charge is 0.351 e. The molecule has 0 aliphatic carbocycles. The molecule has 88 valence electrons. The average molecular weight is 236 g/mol. The van der Waals surface area contributed by atoms with Gasteiger partial charge in [0.2, 0.25) is 5.82 Å². The van der Waals surface area contributed by atoms with Crippen LogP contribution in [0.3, 0.4) is 0 Å². The zero-order valence-electron chi connectivity index (χ0n) is 8.77. The average Bonchev–Trinajstić information content (AvgIpc) is 2.29. The minimum absolute atomic E-state index is 0.0233. The first-order chi connectivity index (χ1) is 8.06. The van der Waals surface area contributed by atoms with Crippen molar-refractivity contribution in [3.63, 3.8) is 0 Å². The lowest BCUT2D eigenvalue weighted by Gasteiger charge is -2.03. The highest BCUT2D eigenvalue weighted by Crippen LogP contribution is 2.18. The summed E-state index contributed by atoms with van der Waals surface area (Å²) in [5.74, 6) is 0.829. The lowest BCUT2D eigenvalue weighted by atomic mass is 10.2. The van der Waals surface area contributed by atoms with Crippen LogP contribution in [0.1, 0.15) is 16.8 Å². The molecule has 0 aromatic heterocycles. The molecular formula is C11H9FN2O3. The second-order valence-corrected chi connectivity index (χ2v) is 3.13. The number of benzene rings is 1. The molecule has 1 aromatic rings. The van der Waals surface area contributed by atoms with E-state index in [0.29, 0.717) is 6.42 Å². The topological polar surface area (TPSA) is 72.2 Å². The molecule has 0 aliphatic rings. The van der Waals surface area contributed by atoms with Crippen LogP contribution < -0.4 is 5.32 Å². The Morgan fingerprint density at radius 1 is 1.59 bits per heavy atom. The fraction of sp³-hybridized carbons (Fsp3) is 0.182. The van der Waals surface area contributed by atoms with Crippen molar-refractivity contribution >= 4 is 11.6 Å². The van der Waals surface area contributed by atoms with Crippen molar-refractivity contribution < 1.29 is 14.1 Å². The van der Waals surface area contributed by atoms with Crippen molar-refractivity contribution in [2.45, 2.75) is 6.42 Å². The van der Waals surface area contributed by atoms with Gasteiger partial charge in [-0.2, -0.15) is 4.39 Å². The summed E-state index contributed by atoms with van der Waals surface area (Å²) in [6.45, 7) is 0.264. The van der Waals surface area contributed by atoms with E-state index in [-0.39, 0.29) is 12.1 Å². The first-order valence-electron chi connectivity index (χ1n) is 4.72. The molecule has 1 rings (SSSR count). The normalized spacial score (nSPS) is 9.41. The number of nitrogens with zero attached hydrogens (tertiary/aromatic N) is 1. The maximum atomic E-state index is 13.0. The third-order valence-corrected chi connectivity index (χ3v) is 1.96. The molecule has 1 amide bonds. The van der Waals surface area contributed by atoms with Gasteiger partial charge in [0, 0.05) is 24.6 Å². The van der Waals surface area contributed by atoms with Crippen LogP contribution in [-0.4, -0.2) is 17.4 Å². The Morgan fingerprint density at radius 2 is 2.29 bits per heavy atom. The molecule has 0 radical (unpaired) electrons. The molecule has 1 N–H and O–H groups in total. The van der Waals surface area contributed by atoms with Gasteiger partial charge in [0.1, 0.15) is 0 Å². The molecule has 1 aromatic carbocycles. The number of hydrogen-bond donors (Lipinski definition) is 1. The number of hydrogen-bond acceptors (Lipinski definition) is 3. The number of nitro groups is 1. The van der Waals surface area contributed by atoms with Crippen LogP contribution in [0, 0.1) is 28.3 Å². The Morgan fingerprint density at radius 3 is 2.88 bits per heavy atom. The molecule has 0 unspecified atom stereocenters. The minimum Gasteiger partial charge on any atom is -0.351 e. The summed E-state index contributed by atoms with van der Waals surface area (Å²) in [4.78, 5) is 21.1. The number of rotatable bonds is 4. The number of nitrogens with one attached hydrogen (secondary N) is 1. The molecule has 0 bridgehead atoms. The number of halogens is 1. The van der Waals surface area contributed by atoms with Gasteiger partial charge in [0.05, 0.1) is 4.92 Å². The van der Waals surface area contributed by atoms with E-state index in [1.807, 2.05) is 0 Å². The summed E-state index contributed by atoms with van der Waals surface area (Å²) in [6.07, 6.45) is 5.35. The number of amides is 1. The van der Waals surface area contributed by atoms with E-state index in [0.717, 1.165) is 12.1 Å². The number of terminal acetylenes is 1.